The summed E-state index contributed by atoms with van der Waals surface area (Å²) < 4.78 is 67.2. The summed E-state index contributed by atoms with van der Waals surface area (Å²) in [4.78, 5) is 0. The van der Waals surface area contributed by atoms with Gasteiger partial charge in [0.05, 0.1) is 0 Å². The number of alkyl halides is 4. The van der Waals surface area contributed by atoms with Crippen molar-refractivity contribution in [2.24, 2.45) is 0 Å². The van der Waals surface area contributed by atoms with E-state index in [0.29, 0.717) is 12.1 Å². The van der Waals surface area contributed by atoms with Crippen LogP contribution in [0, 0.1) is 5.82 Å². The highest BCUT2D eigenvalue weighted by Crippen LogP contribution is 2.28. The molecule has 0 heterocycles. The third-order valence-corrected chi connectivity index (χ3v) is 1.35. The van der Waals surface area contributed by atoms with Gasteiger partial charge in [0.2, 0.25) is 6.86 Å². The van der Waals surface area contributed by atoms with Crippen LogP contribution in [0.15, 0.2) is 18.2 Å². The van der Waals surface area contributed by atoms with Gasteiger partial charge in [0.25, 0.3) is 0 Å². The summed E-state index contributed by atoms with van der Waals surface area (Å²) in [6.07, 6.45) is -5.00. The monoisotopic (exact) mass is 228 g/mol. The van der Waals surface area contributed by atoms with Gasteiger partial charge in [-0.05, 0) is 12.1 Å². The van der Waals surface area contributed by atoms with Gasteiger partial charge in [0, 0.05) is 6.07 Å². The summed E-state index contributed by atoms with van der Waals surface area (Å²) in [6, 6.07) is 2.28. The second-order valence-corrected chi connectivity index (χ2v) is 2.39. The zero-order valence-corrected chi connectivity index (χ0v) is 7.15. The highest BCUT2D eigenvalue weighted by atomic mass is 19.4. The van der Waals surface area contributed by atoms with E-state index in [0.717, 1.165) is 6.07 Å². The maximum absolute atomic E-state index is 12.8. The van der Waals surface area contributed by atoms with Gasteiger partial charge in [-0.25, -0.2) is 8.78 Å². The van der Waals surface area contributed by atoms with E-state index >= 15 is 0 Å². The number of halogens is 5. The van der Waals surface area contributed by atoms with Crippen molar-refractivity contribution in [1.82, 2.24) is 0 Å². The molecule has 0 aliphatic heterocycles. The van der Waals surface area contributed by atoms with Crippen LogP contribution in [0.1, 0.15) is 0 Å². The summed E-state index contributed by atoms with van der Waals surface area (Å²) in [5.41, 5.74) is 0. The maximum atomic E-state index is 12.8. The van der Waals surface area contributed by atoms with Gasteiger partial charge < -0.3 is 9.47 Å². The minimum Gasteiger partial charge on any atom is -0.463 e. The fourth-order valence-corrected chi connectivity index (χ4v) is 0.839. The predicted molar refractivity (Wildman–Crippen MR) is 39.7 cm³/mol. The van der Waals surface area contributed by atoms with Gasteiger partial charge in [0.1, 0.15) is 5.75 Å². The zero-order valence-electron chi connectivity index (χ0n) is 7.15. The van der Waals surface area contributed by atoms with Crippen molar-refractivity contribution in [3.05, 3.63) is 24.0 Å². The molecule has 0 spiro atoms. The highest BCUT2D eigenvalue weighted by molar-refractivity contribution is 5.34. The lowest BCUT2D eigenvalue weighted by molar-refractivity contribution is -0.275. The average molecular weight is 228 g/mol. The predicted octanol–water partition coefficient (Wildman–Crippen LogP) is 3.03. The number of hydrogen-bond donors (Lipinski definition) is 0. The van der Waals surface area contributed by atoms with Crippen LogP contribution >= 0.6 is 0 Å². The Morgan fingerprint density at radius 1 is 1.20 bits per heavy atom. The molecular formula is C8H5F5O2. The molecule has 0 aliphatic rings. The molecule has 0 N–H and O–H groups in total. The van der Waals surface area contributed by atoms with E-state index in [4.69, 9.17) is 0 Å². The van der Waals surface area contributed by atoms with E-state index in [1.165, 1.54) is 0 Å². The normalized spacial score (nSPS) is 11.3. The fraction of sp³-hybridized carbons (Fsp3) is 0.250. The Balaban J connectivity index is 2.90. The molecule has 2 nitrogen and oxygen atoms in total. The molecule has 0 aromatic heterocycles. The first-order chi connectivity index (χ1) is 6.92. The summed E-state index contributed by atoms with van der Waals surface area (Å²) in [5.74, 6) is -2.52. The standard InChI is InChI=1S/C8H5F5O2/c9-4-14-5-1-2-6(10)7(3-5)15-8(11,12)13/h1-3H,4H2. The van der Waals surface area contributed by atoms with Crippen molar-refractivity contribution in [3.63, 3.8) is 0 Å². The van der Waals surface area contributed by atoms with Gasteiger partial charge in [-0.3, -0.25) is 0 Å². The van der Waals surface area contributed by atoms with Crippen LogP contribution in [0.2, 0.25) is 0 Å². The SMILES string of the molecule is FCOc1ccc(F)c(OC(F)(F)F)c1. The molecule has 0 bridgehead atoms. The van der Waals surface area contributed by atoms with Gasteiger partial charge in [0.15, 0.2) is 11.6 Å². The van der Waals surface area contributed by atoms with Crippen LogP contribution in [0.4, 0.5) is 22.0 Å². The van der Waals surface area contributed by atoms with Crippen LogP contribution in [0.25, 0.3) is 0 Å². The Morgan fingerprint density at radius 2 is 1.87 bits per heavy atom. The lowest BCUT2D eigenvalue weighted by Gasteiger charge is -2.10. The Labute approximate surface area is 81.2 Å². The second-order valence-electron chi connectivity index (χ2n) is 2.39. The number of ether oxygens (including phenoxy) is 2. The minimum atomic E-state index is -5.00. The number of rotatable bonds is 3. The maximum Gasteiger partial charge on any atom is 0.573 e. The van der Waals surface area contributed by atoms with Gasteiger partial charge in [-0.1, -0.05) is 0 Å². The molecule has 0 amide bonds. The zero-order chi connectivity index (χ0) is 11.5. The fourth-order valence-electron chi connectivity index (χ4n) is 0.839. The molecule has 15 heavy (non-hydrogen) atoms. The molecule has 84 valence electrons. The van der Waals surface area contributed by atoms with Crippen LogP contribution in [-0.2, 0) is 0 Å². The molecule has 0 saturated heterocycles. The topological polar surface area (TPSA) is 18.5 Å². The third-order valence-electron chi connectivity index (χ3n) is 1.35. The Morgan fingerprint density at radius 3 is 2.40 bits per heavy atom. The smallest absolute Gasteiger partial charge is 0.463 e. The van der Waals surface area contributed by atoms with Crippen LogP contribution < -0.4 is 9.47 Å². The van der Waals surface area contributed by atoms with Crippen molar-refractivity contribution < 1.29 is 31.4 Å². The molecule has 0 atom stereocenters. The van der Waals surface area contributed by atoms with Gasteiger partial charge in [-0.15, -0.1) is 13.2 Å². The molecule has 0 radical (unpaired) electrons. The van der Waals surface area contributed by atoms with E-state index in [1.807, 2.05) is 0 Å². The van der Waals surface area contributed by atoms with Gasteiger partial charge >= 0.3 is 6.36 Å². The summed E-state index contributed by atoms with van der Waals surface area (Å²) in [5, 5.41) is 0. The third kappa shape index (κ3) is 3.61. The van der Waals surface area contributed by atoms with Crippen molar-refractivity contribution >= 4 is 0 Å². The van der Waals surface area contributed by atoms with Crippen molar-refractivity contribution in [3.8, 4) is 11.5 Å². The largest absolute Gasteiger partial charge is 0.573 e. The quantitative estimate of drug-likeness (QED) is 0.740. The van der Waals surface area contributed by atoms with Crippen LogP contribution in [-0.4, -0.2) is 13.2 Å². The van der Waals surface area contributed by atoms with Crippen molar-refractivity contribution in [1.29, 1.82) is 0 Å². The summed E-state index contributed by atoms with van der Waals surface area (Å²) in [7, 11) is 0. The highest BCUT2D eigenvalue weighted by Gasteiger charge is 2.32. The molecule has 7 heteroatoms. The lowest BCUT2D eigenvalue weighted by Crippen LogP contribution is -2.18. The molecule has 0 aliphatic carbocycles. The first kappa shape index (κ1) is 11.5. The molecule has 1 aromatic carbocycles. The molecule has 0 saturated carbocycles. The van der Waals surface area contributed by atoms with Crippen LogP contribution in [0.3, 0.4) is 0 Å². The van der Waals surface area contributed by atoms with Gasteiger partial charge in [-0.2, -0.15) is 0 Å². The van der Waals surface area contributed by atoms with E-state index in [9.17, 15) is 22.0 Å². The molecule has 0 unspecified atom stereocenters. The first-order valence-corrected chi connectivity index (χ1v) is 3.66. The lowest BCUT2D eigenvalue weighted by atomic mass is 10.3. The van der Waals surface area contributed by atoms with E-state index in [-0.39, 0.29) is 5.75 Å². The van der Waals surface area contributed by atoms with E-state index in [2.05, 4.69) is 9.47 Å². The summed E-state index contributed by atoms with van der Waals surface area (Å²) in [6.45, 7) is -1.23. The second kappa shape index (κ2) is 4.33. The molecular weight excluding hydrogens is 223 g/mol. The molecule has 1 aromatic rings. The van der Waals surface area contributed by atoms with Crippen molar-refractivity contribution in [2.75, 3.05) is 6.86 Å². The Kier molecular flexibility index (Phi) is 3.33. The minimum absolute atomic E-state index is 0.252. The van der Waals surface area contributed by atoms with Crippen LogP contribution in [0.5, 0.6) is 11.5 Å². The first-order valence-electron chi connectivity index (χ1n) is 3.66. The average Bonchev–Trinajstić information content (AvgIpc) is 2.09. The Hall–Kier alpha value is -1.53. The van der Waals surface area contributed by atoms with E-state index < -0.39 is 24.8 Å². The molecule has 1 rings (SSSR count). The van der Waals surface area contributed by atoms with Crippen molar-refractivity contribution in [2.45, 2.75) is 6.36 Å². The number of hydrogen-bond acceptors (Lipinski definition) is 2. The molecule has 0 fully saturated rings. The number of benzene rings is 1. The Bertz CT molecular complexity index is 336. The summed E-state index contributed by atoms with van der Waals surface area (Å²) >= 11 is 0. The van der Waals surface area contributed by atoms with E-state index in [1.54, 1.807) is 0 Å².